The highest BCUT2D eigenvalue weighted by atomic mass is 16.2. The summed E-state index contributed by atoms with van der Waals surface area (Å²) in [6, 6.07) is 0. The van der Waals surface area contributed by atoms with Crippen LogP contribution < -0.4 is 5.32 Å². The third-order valence-electron chi connectivity index (χ3n) is 3.09. The third-order valence-corrected chi connectivity index (χ3v) is 3.09. The van der Waals surface area contributed by atoms with Crippen molar-refractivity contribution in [3.8, 4) is 0 Å². The normalized spacial score (nSPS) is 20.4. The van der Waals surface area contributed by atoms with Gasteiger partial charge in [0.1, 0.15) is 5.54 Å². The summed E-state index contributed by atoms with van der Waals surface area (Å²) in [7, 11) is 0. The standard InChI is InChI=1S/C13H24N2O2/c1-10(2)6-5-8-15-9-7-11(16)14-13(3,4)12(15)17/h10H,5-9H2,1-4H3,(H,14,16). The Kier molecular flexibility index (Phi) is 4.54. The van der Waals surface area contributed by atoms with Gasteiger partial charge < -0.3 is 10.2 Å². The van der Waals surface area contributed by atoms with E-state index in [0.29, 0.717) is 18.9 Å². The zero-order valence-electron chi connectivity index (χ0n) is 11.4. The molecule has 0 atom stereocenters. The van der Waals surface area contributed by atoms with E-state index in [4.69, 9.17) is 0 Å². The average molecular weight is 240 g/mol. The van der Waals surface area contributed by atoms with E-state index in [1.165, 1.54) is 0 Å². The summed E-state index contributed by atoms with van der Waals surface area (Å²) >= 11 is 0. The molecular weight excluding hydrogens is 216 g/mol. The quantitative estimate of drug-likeness (QED) is 0.810. The van der Waals surface area contributed by atoms with Gasteiger partial charge >= 0.3 is 0 Å². The van der Waals surface area contributed by atoms with Crippen LogP contribution >= 0.6 is 0 Å². The van der Waals surface area contributed by atoms with Crippen LogP contribution in [0.3, 0.4) is 0 Å². The van der Waals surface area contributed by atoms with Gasteiger partial charge in [0, 0.05) is 19.5 Å². The summed E-state index contributed by atoms with van der Waals surface area (Å²) in [4.78, 5) is 25.5. The van der Waals surface area contributed by atoms with Gasteiger partial charge in [-0.2, -0.15) is 0 Å². The monoisotopic (exact) mass is 240 g/mol. The lowest BCUT2D eigenvalue weighted by Gasteiger charge is -2.29. The highest BCUT2D eigenvalue weighted by molar-refractivity contribution is 5.92. The van der Waals surface area contributed by atoms with E-state index in [9.17, 15) is 9.59 Å². The summed E-state index contributed by atoms with van der Waals surface area (Å²) in [6.07, 6.45) is 2.54. The van der Waals surface area contributed by atoms with Gasteiger partial charge in [-0.3, -0.25) is 9.59 Å². The molecule has 1 saturated heterocycles. The Hall–Kier alpha value is -1.06. The minimum absolute atomic E-state index is 0.0327. The SMILES string of the molecule is CC(C)CCCN1CCC(=O)NC(C)(C)C1=O. The Balaban J connectivity index is 2.58. The van der Waals surface area contributed by atoms with E-state index < -0.39 is 5.54 Å². The van der Waals surface area contributed by atoms with Crippen molar-refractivity contribution in [1.82, 2.24) is 10.2 Å². The van der Waals surface area contributed by atoms with E-state index >= 15 is 0 Å². The second-order valence-corrected chi connectivity index (χ2v) is 5.75. The topological polar surface area (TPSA) is 49.4 Å². The highest BCUT2D eigenvalue weighted by Crippen LogP contribution is 2.14. The molecule has 1 aliphatic heterocycles. The Labute approximate surface area is 104 Å². The number of hydrogen-bond acceptors (Lipinski definition) is 2. The summed E-state index contributed by atoms with van der Waals surface area (Å²) < 4.78 is 0. The van der Waals surface area contributed by atoms with E-state index in [2.05, 4.69) is 19.2 Å². The van der Waals surface area contributed by atoms with Crippen LogP contribution in [-0.2, 0) is 9.59 Å². The lowest BCUT2D eigenvalue weighted by molar-refractivity contribution is -0.137. The van der Waals surface area contributed by atoms with Gasteiger partial charge in [0.15, 0.2) is 0 Å². The Morgan fingerprint density at radius 1 is 1.35 bits per heavy atom. The number of nitrogens with zero attached hydrogens (tertiary/aromatic N) is 1. The lowest BCUT2D eigenvalue weighted by Crippen LogP contribution is -2.52. The van der Waals surface area contributed by atoms with Gasteiger partial charge in [-0.05, 0) is 32.6 Å². The van der Waals surface area contributed by atoms with Crippen LogP contribution in [0.2, 0.25) is 0 Å². The molecule has 0 unspecified atom stereocenters. The van der Waals surface area contributed by atoms with Gasteiger partial charge in [0.25, 0.3) is 0 Å². The zero-order chi connectivity index (χ0) is 13.1. The first-order valence-corrected chi connectivity index (χ1v) is 6.43. The maximum atomic E-state index is 12.2. The molecule has 4 nitrogen and oxygen atoms in total. The van der Waals surface area contributed by atoms with Gasteiger partial charge in [0.05, 0.1) is 0 Å². The van der Waals surface area contributed by atoms with E-state index in [0.717, 1.165) is 19.4 Å². The van der Waals surface area contributed by atoms with Crippen molar-refractivity contribution in [1.29, 1.82) is 0 Å². The first-order chi connectivity index (χ1) is 7.83. The zero-order valence-corrected chi connectivity index (χ0v) is 11.4. The largest absolute Gasteiger partial charge is 0.342 e. The molecule has 0 saturated carbocycles. The Morgan fingerprint density at radius 2 is 2.00 bits per heavy atom. The van der Waals surface area contributed by atoms with Crippen molar-refractivity contribution in [2.45, 2.75) is 52.5 Å². The fraction of sp³-hybridized carbons (Fsp3) is 0.846. The molecule has 1 heterocycles. The predicted molar refractivity (Wildman–Crippen MR) is 67.5 cm³/mol. The lowest BCUT2D eigenvalue weighted by atomic mass is 10.0. The molecule has 1 fully saturated rings. The molecule has 0 aliphatic carbocycles. The third kappa shape index (κ3) is 4.02. The predicted octanol–water partition coefficient (Wildman–Crippen LogP) is 1.55. The van der Waals surface area contributed by atoms with Crippen molar-refractivity contribution in [2.75, 3.05) is 13.1 Å². The first-order valence-electron chi connectivity index (χ1n) is 6.43. The second kappa shape index (κ2) is 5.52. The average Bonchev–Trinajstić information content (AvgIpc) is 2.28. The van der Waals surface area contributed by atoms with Crippen LogP contribution in [0.25, 0.3) is 0 Å². The maximum absolute atomic E-state index is 12.2. The van der Waals surface area contributed by atoms with Gasteiger partial charge in [-0.25, -0.2) is 0 Å². The molecule has 1 aliphatic rings. The molecule has 2 amide bonds. The molecule has 0 aromatic carbocycles. The molecule has 0 radical (unpaired) electrons. The van der Waals surface area contributed by atoms with E-state index in [1.54, 1.807) is 13.8 Å². The summed E-state index contributed by atoms with van der Waals surface area (Å²) in [5, 5.41) is 2.77. The van der Waals surface area contributed by atoms with Crippen molar-refractivity contribution in [3.63, 3.8) is 0 Å². The summed E-state index contributed by atoms with van der Waals surface area (Å²) in [5.74, 6) is 0.659. The van der Waals surface area contributed by atoms with Crippen molar-refractivity contribution < 1.29 is 9.59 Å². The fourth-order valence-electron chi connectivity index (χ4n) is 2.10. The number of hydrogen-bond donors (Lipinski definition) is 1. The van der Waals surface area contributed by atoms with Crippen LogP contribution in [0.4, 0.5) is 0 Å². The minimum Gasteiger partial charge on any atom is -0.342 e. The molecule has 4 heteroatoms. The molecule has 98 valence electrons. The molecule has 1 rings (SSSR count). The van der Waals surface area contributed by atoms with Crippen LogP contribution in [-0.4, -0.2) is 35.3 Å². The maximum Gasteiger partial charge on any atom is 0.247 e. The highest BCUT2D eigenvalue weighted by Gasteiger charge is 2.35. The number of rotatable bonds is 4. The van der Waals surface area contributed by atoms with Crippen LogP contribution in [0.15, 0.2) is 0 Å². The van der Waals surface area contributed by atoms with Crippen molar-refractivity contribution in [3.05, 3.63) is 0 Å². The summed E-state index contributed by atoms with van der Waals surface area (Å²) in [6.45, 7) is 9.21. The molecule has 0 aromatic heterocycles. The van der Waals surface area contributed by atoms with Gasteiger partial charge in [-0.15, -0.1) is 0 Å². The van der Waals surface area contributed by atoms with Crippen LogP contribution in [0.1, 0.15) is 47.0 Å². The minimum atomic E-state index is -0.759. The van der Waals surface area contributed by atoms with Gasteiger partial charge in [0.2, 0.25) is 11.8 Å². The number of carbonyl (C=O) groups is 2. The molecular formula is C13H24N2O2. The molecule has 1 N–H and O–H groups in total. The van der Waals surface area contributed by atoms with Crippen LogP contribution in [0, 0.1) is 5.92 Å². The van der Waals surface area contributed by atoms with E-state index in [-0.39, 0.29) is 11.8 Å². The second-order valence-electron chi connectivity index (χ2n) is 5.75. The van der Waals surface area contributed by atoms with Crippen molar-refractivity contribution >= 4 is 11.8 Å². The van der Waals surface area contributed by atoms with Crippen LogP contribution in [0.5, 0.6) is 0 Å². The number of carbonyl (C=O) groups excluding carboxylic acids is 2. The number of nitrogens with one attached hydrogen (secondary N) is 1. The van der Waals surface area contributed by atoms with E-state index in [1.807, 2.05) is 4.90 Å². The fourth-order valence-corrected chi connectivity index (χ4v) is 2.10. The Morgan fingerprint density at radius 3 is 2.59 bits per heavy atom. The Bertz CT molecular complexity index is 298. The summed E-state index contributed by atoms with van der Waals surface area (Å²) in [5.41, 5.74) is -0.759. The molecule has 17 heavy (non-hydrogen) atoms. The smallest absolute Gasteiger partial charge is 0.247 e. The molecule has 0 aromatic rings. The molecule has 0 spiro atoms. The van der Waals surface area contributed by atoms with Gasteiger partial charge in [-0.1, -0.05) is 13.8 Å². The number of amides is 2. The first kappa shape index (κ1) is 14.0. The molecule has 0 bridgehead atoms. The van der Waals surface area contributed by atoms with Crippen molar-refractivity contribution in [2.24, 2.45) is 5.92 Å².